The van der Waals surface area contributed by atoms with E-state index in [1.165, 1.54) is 13.0 Å². The van der Waals surface area contributed by atoms with Crippen LogP contribution in [0.5, 0.6) is 5.75 Å². The number of phenols is 1. The summed E-state index contributed by atoms with van der Waals surface area (Å²) in [7, 11) is 0. The van der Waals surface area contributed by atoms with E-state index in [2.05, 4.69) is 5.32 Å². The first-order valence-electron chi connectivity index (χ1n) is 3.70. The van der Waals surface area contributed by atoms with Gasteiger partial charge >= 0.3 is 0 Å². The predicted molar refractivity (Wildman–Crippen MR) is 47.8 cm³/mol. The van der Waals surface area contributed by atoms with Gasteiger partial charge in [0, 0.05) is 6.92 Å². The Hall–Kier alpha value is -1.84. The third-order valence-corrected chi connectivity index (χ3v) is 1.51. The van der Waals surface area contributed by atoms with E-state index >= 15 is 0 Å². The molecule has 1 aromatic rings. The van der Waals surface area contributed by atoms with Crippen molar-refractivity contribution < 1.29 is 14.7 Å². The minimum atomic E-state index is -0.284. The van der Waals surface area contributed by atoms with Crippen molar-refractivity contribution in [2.24, 2.45) is 0 Å². The van der Waals surface area contributed by atoms with Crippen LogP contribution in [0, 0.1) is 0 Å². The molecule has 2 N–H and O–H groups in total. The Morgan fingerprint density at radius 2 is 2.23 bits per heavy atom. The molecule has 0 heterocycles. The van der Waals surface area contributed by atoms with Gasteiger partial charge in [0.15, 0.2) is 6.29 Å². The van der Waals surface area contributed by atoms with Crippen LogP contribution in [0.4, 0.5) is 5.69 Å². The second-order valence-electron chi connectivity index (χ2n) is 2.54. The van der Waals surface area contributed by atoms with Crippen molar-refractivity contribution in [2.75, 3.05) is 5.32 Å². The maximum absolute atomic E-state index is 10.7. The third-order valence-electron chi connectivity index (χ3n) is 1.51. The highest BCUT2D eigenvalue weighted by molar-refractivity contribution is 5.96. The Bertz CT molecular complexity index is 347. The molecule has 0 fully saturated rings. The lowest BCUT2D eigenvalue weighted by Gasteiger charge is -2.05. The van der Waals surface area contributed by atoms with Crippen LogP contribution >= 0.6 is 0 Å². The maximum atomic E-state index is 10.7. The first-order valence-corrected chi connectivity index (χ1v) is 3.70. The number of rotatable bonds is 2. The van der Waals surface area contributed by atoms with Crippen molar-refractivity contribution in [1.29, 1.82) is 0 Å². The molecule has 1 rings (SSSR count). The summed E-state index contributed by atoms with van der Waals surface area (Å²) in [6.07, 6.45) is 0.501. The predicted octanol–water partition coefficient (Wildman–Crippen LogP) is 1.16. The third kappa shape index (κ3) is 2.05. The first-order chi connectivity index (χ1) is 6.15. The Balaban J connectivity index is 3.12. The average molecular weight is 179 g/mol. The molecule has 0 saturated heterocycles. The van der Waals surface area contributed by atoms with Gasteiger partial charge in [-0.1, -0.05) is 6.07 Å². The summed E-state index contributed by atoms with van der Waals surface area (Å²) in [5.74, 6) is -0.421. The van der Waals surface area contributed by atoms with Gasteiger partial charge in [-0.2, -0.15) is 0 Å². The van der Waals surface area contributed by atoms with E-state index in [4.69, 9.17) is 0 Å². The number of hydrogen-bond donors (Lipinski definition) is 2. The van der Waals surface area contributed by atoms with E-state index in [0.29, 0.717) is 12.0 Å². The molecular formula is C9H9NO3. The minimum Gasteiger partial charge on any atom is -0.507 e. The smallest absolute Gasteiger partial charge is 0.221 e. The van der Waals surface area contributed by atoms with E-state index < -0.39 is 0 Å². The first kappa shape index (κ1) is 9.25. The van der Waals surface area contributed by atoms with Gasteiger partial charge in [0.2, 0.25) is 5.91 Å². The fourth-order valence-corrected chi connectivity index (χ4v) is 0.976. The van der Waals surface area contributed by atoms with Crippen LogP contribution in [0.3, 0.4) is 0 Å². The SMILES string of the molecule is CC(=O)Nc1cccc(O)c1C=O. The van der Waals surface area contributed by atoms with Crippen molar-refractivity contribution in [3.63, 3.8) is 0 Å². The summed E-state index contributed by atoms with van der Waals surface area (Å²) in [5, 5.41) is 11.7. The second-order valence-corrected chi connectivity index (χ2v) is 2.54. The van der Waals surface area contributed by atoms with Gasteiger partial charge in [-0.25, -0.2) is 0 Å². The molecule has 68 valence electrons. The number of benzene rings is 1. The maximum Gasteiger partial charge on any atom is 0.221 e. The largest absolute Gasteiger partial charge is 0.507 e. The van der Waals surface area contributed by atoms with Gasteiger partial charge in [0.1, 0.15) is 5.75 Å². The van der Waals surface area contributed by atoms with E-state index in [1.807, 2.05) is 0 Å². The van der Waals surface area contributed by atoms with Crippen molar-refractivity contribution in [3.8, 4) is 5.75 Å². The van der Waals surface area contributed by atoms with E-state index in [1.54, 1.807) is 12.1 Å². The summed E-state index contributed by atoms with van der Waals surface area (Å²) in [6, 6.07) is 4.48. The molecule has 0 aliphatic carbocycles. The monoisotopic (exact) mass is 179 g/mol. The topological polar surface area (TPSA) is 66.4 Å². The molecule has 0 aliphatic rings. The molecular weight excluding hydrogens is 170 g/mol. The zero-order valence-corrected chi connectivity index (χ0v) is 7.07. The summed E-state index contributed by atoms with van der Waals surface area (Å²) in [6.45, 7) is 1.33. The summed E-state index contributed by atoms with van der Waals surface area (Å²) in [5.41, 5.74) is 0.417. The molecule has 0 unspecified atom stereocenters. The molecule has 1 aromatic carbocycles. The van der Waals surface area contributed by atoms with Crippen LogP contribution in [-0.2, 0) is 4.79 Å². The van der Waals surface area contributed by atoms with Crippen LogP contribution < -0.4 is 5.32 Å². The van der Waals surface area contributed by atoms with Gasteiger partial charge in [0.05, 0.1) is 11.3 Å². The summed E-state index contributed by atoms with van der Waals surface area (Å²) < 4.78 is 0. The van der Waals surface area contributed by atoms with Crippen LogP contribution in [0.2, 0.25) is 0 Å². The van der Waals surface area contributed by atoms with E-state index in [0.717, 1.165) is 0 Å². The molecule has 4 nitrogen and oxygen atoms in total. The molecule has 0 saturated carbocycles. The van der Waals surface area contributed by atoms with Gasteiger partial charge in [-0.3, -0.25) is 9.59 Å². The molecule has 0 bridgehead atoms. The molecule has 1 amide bonds. The molecule has 0 radical (unpaired) electrons. The highest BCUT2D eigenvalue weighted by Crippen LogP contribution is 2.22. The Labute approximate surface area is 75.2 Å². The van der Waals surface area contributed by atoms with Crippen LogP contribution in [0.1, 0.15) is 17.3 Å². The standard InChI is InChI=1S/C9H9NO3/c1-6(12)10-8-3-2-4-9(13)7(8)5-11/h2-5,13H,1H3,(H,10,12). The quantitative estimate of drug-likeness (QED) is 0.669. The second kappa shape index (κ2) is 3.71. The van der Waals surface area contributed by atoms with Crippen LogP contribution in [-0.4, -0.2) is 17.3 Å². The number of aromatic hydroxyl groups is 1. The number of carbonyl (C=O) groups is 2. The lowest BCUT2D eigenvalue weighted by molar-refractivity contribution is -0.114. The number of amides is 1. The zero-order chi connectivity index (χ0) is 9.84. The summed E-state index contributed by atoms with van der Waals surface area (Å²) >= 11 is 0. The van der Waals surface area contributed by atoms with Crippen LogP contribution in [0.15, 0.2) is 18.2 Å². The van der Waals surface area contributed by atoms with Gasteiger partial charge in [-0.15, -0.1) is 0 Å². The van der Waals surface area contributed by atoms with Crippen molar-refractivity contribution >= 4 is 17.9 Å². The Kier molecular flexibility index (Phi) is 2.64. The highest BCUT2D eigenvalue weighted by atomic mass is 16.3. The minimum absolute atomic E-state index is 0.0951. The number of hydrogen-bond acceptors (Lipinski definition) is 3. The fourth-order valence-electron chi connectivity index (χ4n) is 0.976. The molecule has 0 aromatic heterocycles. The highest BCUT2D eigenvalue weighted by Gasteiger charge is 2.06. The van der Waals surface area contributed by atoms with Gasteiger partial charge in [-0.05, 0) is 12.1 Å². The van der Waals surface area contributed by atoms with Crippen molar-refractivity contribution in [3.05, 3.63) is 23.8 Å². The molecule has 0 spiro atoms. The van der Waals surface area contributed by atoms with Crippen molar-refractivity contribution in [1.82, 2.24) is 0 Å². The Morgan fingerprint density at radius 1 is 1.54 bits per heavy atom. The van der Waals surface area contributed by atoms with Gasteiger partial charge in [0.25, 0.3) is 0 Å². The molecule has 13 heavy (non-hydrogen) atoms. The van der Waals surface area contributed by atoms with Gasteiger partial charge < -0.3 is 10.4 Å². The molecule has 0 atom stereocenters. The summed E-state index contributed by atoms with van der Waals surface area (Å²) in [4.78, 5) is 21.2. The average Bonchev–Trinajstić information content (AvgIpc) is 2.03. The molecule has 4 heteroatoms. The zero-order valence-electron chi connectivity index (χ0n) is 7.07. The number of phenolic OH excluding ortho intramolecular Hbond substituents is 1. The normalized spacial score (nSPS) is 9.31. The molecule has 0 aliphatic heterocycles. The van der Waals surface area contributed by atoms with Crippen LogP contribution in [0.25, 0.3) is 0 Å². The van der Waals surface area contributed by atoms with Crippen molar-refractivity contribution in [2.45, 2.75) is 6.92 Å². The number of carbonyl (C=O) groups excluding carboxylic acids is 2. The van der Waals surface area contributed by atoms with E-state index in [-0.39, 0.29) is 17.2 Å². The number of anilines is 1. The number of aldehydes is 1. The Morgan fingerprint density at radius 3 is 2.77 bits per heavy atom. The lowest BCUT2D eigenvalue weighted by Crippen LogP contribution is -2.07. The van der Waals surface area contributed by atoms with E-state index in [9.17, 15) is 14.7 Å². The fraction of sp³-hybridized carbons (Fsp3) is 0.111. The number of nitrogens with one attached hydrogen (secondary N) is 1. The lowest BCUT2D eigenvalue weighted by atomic mass is 10.2.